The maximum atomic E-state index is 13.3. The lowest BCUT2D eigenvalue weighted by Crippen LogP contribution is -2.24. The van der Waals surface area contributed by atoms with Crippen LogP contribution in [0.3, 0.4) is 0 Å². The van der Waals surface area contributed by atoms with Gasteiger partial charge in [-0.05, 0) is 59.2 Å². The third-order valence-corrected chi connectivity index (χ3v) is 4.88. The van der Waals surface area contributed by atoms with Gasteiger partial charge in [-0.3, -0.25) is 14.8 Å². The molecule has 0 saturated carbocycles. The first-order chi connectivity index (χ1) is 15.5. The first-order valence-corrected chi connectivity index (χ1v) is 9.72. The van der Waals surface area contributed by atoms with Crippen molar-refractivity contribution in [3.8, 4) is 11.5 Å². The zero-order valence-electron chi connectivity index (χ0n) is 16.8. The minimum atomic E-state index is -0.618. The van der Waals surface area contributed by atoms with E-state index in [4.69, 9.17) is 14.7 Å². The van der Waals surface area contributed by atoms with Crippen LogP contribution < -0.4 is 20.3 Å². The first-order valence-electron chi connectivity index (χ1n) is 9.72. The molecule has 0 saturated heterocycles. The van der Waals surface area contributed by atoms with E-state index in [2.05, 4.69) is 5.32 Å². The molecule has 0 aliphatic carbocycles. The molecule has 0 aromatic heterocycles. The monoisotopic (exact) mass is 434 g/mol. The molecule has 3 aromatic rings. The van der Waals surface area contributed by atoms with E-state index in [1.807, 2.05) is 0 Å². The molecule has 1 heterocycles. The molecule has 32 heavy (non-hydrogen) atoms. The summed E-state index contributed by atoms with van der Waals surface area (Å²) >= 11 is 0. The molecule has 2 amide bonds. The summed E-state index contributed by atoms with van der Waals surface area (Å²) in [6.07, 6.45) is 1.67. The Morgan fingerprint density at radius 2 is 1.62 bits per heavy atom. The topological polar surface area (TPSA) is 96.9 Å². The van der Waals surface area contributed by atoms with Crippen LogP contribution in [0, 0.1) is 5.82 Å². The van der Waals surface area contributed by atoms with Crippen LogP contribution in [0.25, 0.3) is 11.6 Å². The van der Waals surface area contributed by atoms with Crippen LogP contribution in [0.5, 0.6) is 11.5 Å². The molecule has 0 spiro atoms. The van der Waals surface area contributed by atoms with Gasteiger partial charge in [-0.25, -0.2) is 9.87 Å². The van der Waals surface area contributed by atoms with E-state index in [1.54, 1.807) is 66.2 Å². The van der Waals surface area contributed by atoms with Crippen molar-refractivity contribution in [2.45, 2.75) is 6.54 Å². The van der Waals surface area contributed by atoms with Gasteiger partial charge in [0.15, 0.2) is 11.5 Å². The van der Waals surface area contributed by atoms with Crippen molar-refractivity contribution in [2.75, 3.05) is 6.79 Å². The fourth-order valence-corrected chi connectivity index (χ4v) is 3.19. The zero-order valence-corrected chi connectivity index (χ0v) is 16.8. The van der Waals surface area contributed by atoms with E-state index in [0.717, 1.165) is 5.56 Å². The Balaban J connectivity index is 1.57. The fourth-order valence-electron chi connectivity index (χ4n) is 3.19. The number of hydroxylamine groups is 1. The van der Waals surface area contributed by atoms with Crippen LogP contribution in [-0.2, 0) is 11.3 Å². The maximum absolute atomic E-state index is 13.3. The van der Waals surface area contributed by atoms with Gasteiger partial charge in [0.05, 0.1) is 0 Å². The van der Waals surface area contributed by atoms with E-state index < -0.39 is 5.91 Å². The molecule has 0 fully saturated rings. The molecule has 162 valence electrons. The van der Waals surface area contributed by atoms with Crippen LogP contribution in [0.1, 0.15) is 27.0 Å². The molecule has 7 nitrogen and oxygen atoms in total. The second-order valence-electron chi connectivity index (χ2n) is 7.00. The predicted octanol–water partition coefficient (Wildman–Crippen LogP) is 3.53. The fraction of sp³-hybridized carbons (Fsp3) is 0.0833. The van der Waals surface area contributed by atoms with Crippen molar-refractivity contribution >= 4 is 23.5 Å². The minimum absolute atomic E-state index is 0.117. The molecule has 0 bridgehead atoms. The van der Waals surface area contributed by atoms with Gasteiger partial charge in [-0.2, -0.15) is 0 Å². The number of hydrogen-bond donors (Lipinski definition) is 3. The number of benzene rings is 3. The number of carbonyl (C=O) groups excluding carboxylic acids is 2. The van der Waals surface area contributed by atoms with Crippen LogP contribution in [0.4, 0.5) is 4.39 Å². The van der Waals surface area contributed by atoms with Crippen molar-refractivity contribution in [2.24, 2.45) is 0 Å². The molecule has 8 heteroatoms. The number of halogens is 1. The summed E-state index contributed by atoms with van der Waals surface area (Å²) < 4.78 is 24.1. The van der Waals surface area contributed by atoms with Gasteiger partial charge < -0.3 is 14.8 Å². The van der Waals surface area contributed by atoms with Crippen LogP contribution in [0.2, 0.25) is 0 Å². The summed E-state index contributed by atoms with van der Waals surface area (Å²) in [5.74, 6) is -0.187. The van der Waals surface area contributed by atoms with Gasteiger partial charge >= 0.3 is 0 Å². The summed E-state index contributed by atoms with van der Waals surface area (Å²) in [7, 11) is 0. The largest absolute Gasteiger partial charge is 0.454 e. The van der Waals surface area contributed by atoms with Gasteiger partial charge in [0.25, 0.3) is 11.8 Å². The predicted molar refractivity (Wildman–Crippen MR) is 114 cm³/mol. The number of carbonyl (C=O) groups is 2. The lowest BCUT2D eigenvalue weighted by atomic mass is 10.0. The van der Waals surface area contributed by atoms with Crippen molar-refractivity contribution in [1.29, 1.82) is 0 Å². The SMILES string of the molecule is O=C(NCc1ccc(C(=O)NO)cc1)C(=Cc1ccc(F)cc1)c1ccc2c(c1)OCO2. The summed E-state index contributed by atoms with van der Waals surface area (Å²) in [4.78, 5) is 24.5. The Morgan fingerprint density at radius 3 is 2.34 bits per heavy atom. The average Bonchev–Trinajstić information content (AvgIpc) is 3.30. The van der Waals surface area contributed by atoms with E-state index in [-0.39, 0.29) is 25.1 Å². The van der Waals surface area contributed by atoms with Crippen LogP contribution >= 0.6 is 0 Å². The third kappa shape index (κ3) is 4.76. The lowest BCUT2D eigenvalue weighted by molar-refractivity contribution is -0.115. The van der Waals surface area contributed by atoms with Crippen molar-refractivity contribution in [3.63, 3.8) is 0 Å². The quantitative estimate of drug-likeness (QED) is 0.239. The second kappa shape index (κ2) is 9.32. The Morgan fingerprint density at radius 1 is 0.938 bits per heavy atom. The minimum Gasteiger partial charge on any atom is -0.454 e. The molecule has 3 N–H and O–H groups in total. The summed E-state index contributed by atoms with van der Waals surface area (Å²) in [6.45, 7) is 0.331. The van der Waals surface area contributed by atoms with E-state index >= 15 is 0 Å². The van der Waals surface area contributed by atoms with Gasteiger partial charge in [0.1, 0.15) is 5.82 Å². The normalized spacial score (nSPS) is 12.4. The number of fused-ring (bicyclic) bond motifs is 1. The van der Waals surface area contributed by atoms with Crippen LogP contribution in [-0.4, -0.2) is 23.8 Å². The first kappa shape index (κ1) is 21.1. The Bertz CT molecular complexity index is 1170. The molecular weight excluding hydrogens is 415 g/mol. The molecule has 0 radical (unpaired) electrons. The van der Waals surface area contributed by atoms with Gasteiger partial charge in [0.2, 0.25) is 6.79 Å². The highest BCUT2D eigenvalue weighted by Gasteiger charge is 2.18. The number of nitrogens with one attached hydrogen (secondary N) is 2. The molecule has 1 aliphatic heterocycles. The Kier molecular flexibility index (Phi) is 6.14. The summed E-state index contributed by atoms with van der Waals surface area (Å²) in [5, 5.41) is 11.6. The molecule has 1 aliphatic rings. The van der Waals surface area contributed by atoms with Crippen molar-refractivity contribution in [3.05, 3.63) is 94.8 Å². The standard InChI is InChI=1S/C24H19FN2O5/c25-19-8-3-15(4-9-19)11-20(18-7-10-21-22(12-18)32-14-31-21)24(29)26-13-16-1-5-17(6-2-16)23(28)27-30/h1-12,30H,13-14H2,(H,26,29)(H,27,28). The Hall–Kier alpha value is -4.17. The highest BCUT2D eigenvalue weighted by Crippen LogP contribution is 2.35. The Labute approximate surface area is 183 Å². The molecule has 3 aromatic carbocycles. The van der Waals surface area contributed by atoms with Crippen LogP contribution in [0.15, 0.2) is 66.7 Å². The highest BCUT2D eigenvalue weighted by atomic mass is 19.1. The van der Waals surface area contributed by atoms with Gasteiger partial charge in [0, 0.05) is 17.7 Å². The molecular formula is C24H19FN2O5. The number of amides is 2. The smallest absolute Gasteiger partial charge is 0.274 e. The van der Waals surface area contributed by atoms with Gasteiger partial charge in [-0.1, -0.05) is 30.3 Å². The average molecular weight is 434 g/mol. The van der Waals surface area contributed by atoms with Crippen molar-refractivity contribution in [1.82, 2.24) is 10.8 Å². The second-order valence-corrected chi connectivity index (χ2v) is 7.00. The summed E-state index contributed by atoms with van der Waals surface area (Å²) in [6, 6.07) is 17.5. The molecule has 0 unspecified atom stereocenters. The van der Waals surface area contributed by atoms with Crippen molar-refractivity contribution < 1.29 is 28.7 Å². The number of rotatable bonds is 6. The summed E-state index contributed by atoms with van der Waals surface area (Å²) in [5.41, 5.74) is 4.27. The molecule has 4 rings (SSSR count). The van der Waals surface area contributed by atoms with E-state index in [0.29, 0.717) is 33.8 Å². The van der Waals surface area contributed by atoms with E-state index in [1.165, 1.54) is 12.1 Å². The maximum Gasteiger partial charge on any atom is 0.274 e. The number of ether oxygens (including phenoxy) is 2. The van der Waals surface area contributed by atoms with E-state index in [9.17, 15) is 14.0 Å². The number of hydrogen-bond acceptors (Lipinski definition) is 5. The highest BCUT2D eigenvalue weighted by molar-refractivity contribution is 6.24. The molecule has 0 atom stereocenters. The third-order valence-electron chi connectivity index (χ3n) is 4.88. The zero-order chi connectivity index (χ0) is 22.5. The lowest BCUT2D eigenvalue weighted by Gasteiger charge is -2.11. The van der Waals surface area contributed by atoms with Gasteiger partial charge in [-0.15, -0.1) is 0 Å².